The minimum atomic E-state index is -0.932. The van der Waals surface area contributed by atoms with E-state index in [0.717, 1.165) is 55.3 Å². The quantitative estimate of drug-likeness (QED) is 0.115. The van der Waals surface area contributed by atoms with Crippen molar-refractivity contribution in [1.29, 1.82) is 0 Å². The van der Waals surface area contributed by atoms with E-state index in [1.165, 1.54) is 17.7 Å². The van der Waals surface area contributed by atoms with Crippen LogP contribution in [0.2, 0.25) is 0 Å². The zero-order valence-electron chi connectivity index (χ0n) is 23.8. The first-order valence-corrected chi connectivity index (χ1v) is 15.4. The van der Waals surface area contributed by atoms with Crippen molar-refractivity contribution in [3.05, 3.63) is 88.7 Å². The Labute approximate surface area is 249 Å². The molecular weight excluding hydrogens is 555 g/mol. The molecule has 1 aromatic heterocycles. The third-order valence-electron chi connectivity index (χ3n) is 7.52. The molecule has 0 radical (unpaired) electrons. The number of carbonyl (C=O) groups is 2. The second-order valence-electron chi connectivity index (χ2n) is 10.5. The zero-order chi connectivity index (χ0) is 29.6. The van der Waals surface area contributed by atoms with E-state index in [4.69, 9.17) is 14.3 Å². The molecule has 0 aliphatic heterocycles. The van der Waals surface area contributed by atoms with E-state index < -0.39 is 5.97 Å². The lowest BCUT2D eigenvalue weighted by Crippen LogP contribution is -2.18. The lowest BCUT2D eigenvalue weighted by Gasteiger charge is -2.24. The van der Waals surface area contributed by atoms with Gasteiger partial charge in [-0.3, -0.25) is 4.79 Å². The second kappa shape index (κ2) is 13.4. The molecule has 0 unspecified atom stereocenters. The highest BCUT2D eigenvalue weighted by Gasteiger charge is 2.31. The molecular formula is C33H35FN2O5S. The predicted octanol–water partition coefficient (Wildman–Crippen LogP) is 7.65. The van der Waals surface area contributed by atoms with Crippen LogP contribution < -0.4 is 9.62 Å². The summed E-state index contributed by atoms with van der Waals surface area (Å²) in [6, 6.07) is 16.9. The van der Waals surface area contributed by atoms with Gasteiger partial charge in [-0.25, -0.2) is 9.18 Å². The van der Waals surface area contributed by atoms with Gasteiger partial charge in [0.15, 0.2) is 0 Å². The van der Waals surface area contributed by atoms with Crippen molar-refractivity contribution in [2.24, 2.45) is 0 Å². The van der Waals surface area contributed by atoms with Crippen molar-refractivity contribution in [2.45, 2.75) is 44.6 Å². The van der Waals surface area contributed by atoms with Gasteiger partial charge in [-0.15, -0.1) is 0 Å². The molecule has 42 heavy (non-hydrogen) atoms. The number of rotatable bonds is 14. The lowest BCUT2D eigenvalue weighted by atomic mass is 10.0. The molecule has 220 valence electrons. The van der Waals surface area contributed by atoms with Gasteiger partial charge in [0.05, 0.1) is 23.4 Å². The van der Waals surface area contributed by atoms with Crippen LogP contribution in [-0.4, -0.2) is 43.4 Å². The van der Waals surface area contributed by atoms with E-state index in [1.54, 1.807) is 55.4 Å². The Morgan fingerprint density at radius 1 is 1.07 bits per heavy atom. The summed E-state index contributed by atoms with van der Waals surface area (Å²) in [6.45, 7) is 1.96. The molecule has 9 heteroatoms. The van der Waals surface area contributed by atoms with Gasteiger partial charge in [-0.1, -0.05) is 24.1 Å². The lowest BCUT2D eigenvalue weighted by molar-refractivity contribution is 0.0696. The van der Waals surface area contributed by atoms with Crippen LogP contribution in [0.4, 0.5) is 10.1 Å². The third kappa shape index (κ3) is 6.79. The molecule has 1 saturated carbocycles. The fourth-order valence-electron chi connectivity index (χ4n) is 5.12. The first-order chi connectivity index (χ1) is 20.4. The molecule has 1 aliphatic rings. The van der Waals surface area contributed by atoms with Crippen molar-refractivity contribution in [2.75, 3.05) is 30.8 Å². The Bertz CT molecular complexity index is 1550. The van der Waals surface area contributed by atoms with Gasteiger partial charge in [-0.2, -0.15) is 0 Å². The summed E-state index contributed by atoms with van der Waals surface area (Å²) in [5.41, 5.74) is 5.33. The number of hydrogen-bond acceptors (Lipinski definition) is 6. The number of nitrogens with zero attached hydrogens (tertiary/aromatic N) is 1. The normalized spacial score (nSPS) is 12.9. The van der Waals surface area contributed by atoms with Crippen LogP contribution in [0, 0.1) is 5.82 Å². The Morgan fingerprint density at radius 2 is 1.81 bits per heavy atom. The smallest absolute Gasteiger partial charge is 0.335 e. The van der Waals surface area contributed by atoms with E-state index in [1.807, 2.05) is 0 Å². The van der Waals surface area contributed by atoms with E-state index >= 15 is 0 Å². The van der Waals surface area contributed by atoms with Gasteiger partial charge in [-0.05, 0) is 91.6 Å². The summed E-state index contributed by atoms with van der Waals surface area (Å²) in [7, 11) is 1.60. The Kier molecular flexibility index (Phi) is 9.49. The molecule has 3 aromatic carbocycles. The van der Waals surface area contributed by atoms with Crippen LogP contribution in [0.15, 0.2) is 65.1 Å². The topological polar surface area (TPSA) is 92.0 Å². The number of benzene rings is 3. The van der Waals surface area contributed by atoms with Crippen LogP contribution >= 0.6 is 11.9 Å². The fraction of sp³-hybridized carbons (Fsp3) is 0.333. The van der Waals surface area contributed by atoms with Crippen molar-refractivity contribution in [3.63, 3.8) is 0 Å². The number of carbonyl (C=O) groups excluding carboxylic acids is 1. The number of ether oxygens (including phenoxy) is 1. The summed E-state index contributed by atoms with van der Waals surface area (Å²) in [5.74, 6) is -0.609. The molecule has 0 atom stereocenters. The maximum atomic E-state index is 13.6. The molecule has 5 rings (SSSR count). The summed E-state index contributed by atoms with van der Waals surface area (Å²) in [6.07, 6.45) is 7.24. The largest absolute Gasteiger partial charge is 0.478 e. The molecule has 0 spiro atoms. The number of aromatic carboxylic acids is 1. The number of hydrogen-bond donors (Lipinski definition) is 2. The van der Waals surface area contributed by atoms with Crippen LogP contribution in [0.1, 0.15) is 69.9 Å². The number of fused-ring (bicyclic) bond motifs is 1. The number of carboxylic acid groups (broad SMARTS) is 1. The summed E-state index contributed by atoms with van der Waals surface area (Å²) in [4.78, 5) is 24.0. The van der Waals surface area contributed by atoms with Crippen LogP contribution in [0.5, 0.6) is 0 Å². The number of halogens is 1. The predicted molar refractivity (Wildman–Crippen MR) is 165 cm³/mol. The highest BCUT2D eigenvalue weighted by Crippen LogP contribution is 2.48. The molecule has 1 fully saturated rings. The molecule has 1 aliphatic carbocycles. The Hall–Kier alpha value is -3.82. The average molecular weight is 591 g/mol. The maximum absolute atomic E-state index is 13.6. The molecule has 1 heterocycles. The average Bonchev–Trinajstić information content (AvgIpc) is 3.78. The summed E-state index contributed by atoms with van der Waals surface area (Å²) < 4.78 is 28.0. The van der Waals surface area contributed by atoms with E-state index in [-0.39, 0.29) is 17.3 Å². The van der Waals surface area contributed by atoms with Crippen LogP contribution in [0.3, 0.4) is 0 Å². The molecule has 0 bridgehead atoms. The van der Waals surface area contributed by atoms with Crippen LogP contribution in [-0.2, 0) is 11.3 Å². The standard InChI is InChI=1S/C33H35FN2O5S/c1-35-32(37)30-27-18-26(22-10-11-22)28(19-29(27)41-31(30)23-12-14-25(34)15-13-23)36(42-2)16-4-3-5-17-40-20-21-6-8-24(9-7-21)33(38)39/h6-9,12-15,18-19,22H,3-5,10-11,16-17,20H2,1-2H3,(H,35,37)(H,38,39). The van der Waals surface area contributed by atoms with Crippen LogP contribution in [0.25, 0.3) is 22.3 Å². The van der Waals surface area contributed by atoms with Gasteiger partial charge in [0, 0.05) is 43.5 Å². The third-order valence-corrected chi connectivity index (χ3v) is 8.34. The summed E-state index contributed by atoms with van der Waals surface area (Å²) in [5, 5.41) is 12.5. The minimum absolute atomic E-state index is 0.233. The molecule has 0 saturated heterocycles. The number of amides is 1. The summed E-state index contributed by atoms with van der Waals surface area (Å²) >= 11 is 1.68. The molecule has 4 aromatic rings. The minimum Gasteiger partial charge on any atom is -0.478 e. The van der Waals surface area contributed by atoms with E-state index in [2.05, 4.69) is 28.0 Å². The molecule has 1 amide bonds. The van der Waals surface area contributed by atoms with Crippen molar-refractivity contribution in [1.82, 2.24) is 5.32 Å². The Balaban J connectivity index is 1.26. The van der Waals surface area contributed by atoms with Gasteiger partial charge in [0.1, 0.15) is 17.2 Å². The van der Waals surface area contributed by atoms with Crippen molar-refractivity contribution >= 4 is 40.5 Å². The Morgan fingerprint density at radius 3 is 2.45 bits per heavy atom. The SMILES string of the molecule is CNC(=O)c1c(-c2ccc(F)cc2)oc2cc(N(CCCCCOCc3ccc(C(=O)O)cc3)SC)c(C3CC3)cc12. The maximum Gasteiger partial charge on any atom is 0.335 e. The number of nitrogens with one attached hydrogen (secondary N) is 1. The van der Waals surface area contributed by atoms with Gasteiger partial charge < -0.3 is 23.9 Å². The van der Waals surface area contributed by atoms with E-state index in [0.29, 0.717) is 41.6 Å². The van der Waals surface area contributed by atoms with Crippen molar-refractivity contribution in [3.8, 4) is 11.3 Å². The number of unbranched alkanes of at least 4 members (excludes halogenated alkanes) is 2. The van der Waals surface area contributed by atoms with Gasteiger partial charge >= 0.3 is 5.97 Å². The second-order valence-corrected chi connectivity index (χ2v) is 11.3. The van der Waals surface area contributed by atoms with Gasteiger partial charge in [0.2, 0.25) is 0 Å². The fourth-order valence-corrected chi connectivity index (χ4v) is 5.79. The first-order valence-electron chi connectivity index (χ1n) is 14.2. The number of carboxylic acids is 1. The molecule has 7 nitrogen and oxygen atoms in total. The number of furan rings is 1. The highest BCUT2D eigenvalue weighted by molar-refractivity contribution is 7.99. The highest BCUT2D eigenvalue weighted by atomic mass is 32.2. The van der Waals surface area contributed by atoms with E-state index in [9.17, 15) is 14.0 Å². The monoisotopic (exact) mass is 590 g/mol. The zero-order valence-corrected chi connectivity index (χ0v) is 24.6. The number of anilines is 1. The van der Waals surface area contributed by atoms with Crippen molar-refractivity contribution < 1.29 is 28.2 Å². The first kappa shape index (κ1) is 29.7. The molecule has 2 N–H and O–H groups in total. The van der Waals surface area contributed by atoms with Gasteiger partial charge in [0.25, 0.3) is 5.91 Å².